The average molecular weight is 238 g/mol. The minimum absolute atomic E-state index is 0.533. The zero-order valence-corrected chi connectivity index (χ0v) is 11.3. The van der Waals surface area contributed by atoms with E-state index in [4.69, 9.17) is 4.74 Å². The van der Waals surface area contributed by atoms with Gasteiger partial charge in [0.2, 0.25) is 0 Å². The van der Waals surface area contributed by atoms with Gasteiger partial charge in [-0.3, -0.25) is 0 Å². The standard InChI is InChI=1S/C16H19BO/c1-12(2)15-10-14(8-9-16(15)17)18-11-13-6-4-3-5-7-13/h3-10,12H,11,17H2,1-2H3. The third-order valence-corrected chi connectivity index (χ3v) is 3.12. The van der Waals surface area contributed by atoms with Gasteiger partial charge in [-0.2, -0.15) is 0 Å². The van der Waals surface area contributed by atoms with Gasteiger partial charge < -0.3 is 4.74 Å². The predicted octanol–water partition coefficient (Wildman–Crippen LogP) is 2.65. The van der Waals surface area contributed by atoms with Gasteiger partial charge in [-0.05, 0) is 29.2 Å². The summed E-state index contributed by atoms with van der Waals surface area (Å²) < 4.78 is 5.84. The SMILES string of the molecule is Bc1ccc(OCc2ccccc2)cc1C(C)C. The fraction of sp³-hybridized carbons (Fsp3) is 0.250. The minimum atomic E-state index is 0.533. The Kier molecular flexibility index (Phi) is 4.09. The maximum Gasteiger partial charge on any atom is 0.139 e. The first-order chi connectivity index (χ1) is 8.66. The summed E-state index contributed by atoms with van der Waals surface area (Å²) in [5.74, 6) is 1.48. The molecule has 2 aromatic rings. The number of hydrogen-bond donors (Lipinski definition) is 0. The van der Waals surface area contributed by atoms with Gasteiger partial charge >= 0.3 is 0 Å². The molecule has 0 radical (unpaired) electrons. The Balaban J connectivity index is 2.08. The summed E-state index contributed by atoms with van der Waals surface area (Å²) >= 11 is 0. The van der Waals surface area contributed by atoms with Gasteiger partial charge in [0.15, 0.2) is 0 Å². The van der Waals surface area contributed by atoms with Crippen LogP contribution in [0.15, 0.2) is 48.5 Å². The highest BCUT2D eigenvalue weighted by Crippen LogP contribution is 2.19. The van der Waals surface area contributed by atoms with Gasteiger partial charge in [0.1, 0.15) is 20.2 Å². The first-order valence-electron chi connectivity index (χ1n) is 6.44. The van der Waals surface area contributed by atoms with Crippen molar-refractivity contribution in [3.05, 3.63) is 59.7 Å². The van der Waals surface area contributed by atoms with E-state index in [-0.39, 0.29) is 0 Å². The van der Waals surface area contributed by atoms with E-state index >= 15 is 0 Å². The van der Waals surface area contributed by atoms with Gasteiger partial charge in [-0.15, -0.1) is 0 Å². The molecule has 0 N–H and O–H groups in total. The smallest absolute Gasteiger partial charge is 0.139 e. The lowest BCUT2D eigenvalue weighted by Gasteiger charge is -2.13. The fourth-order valence-electron chi connectivity index (χ4n) is 2.07. The molecule has 0 heterocycles. The maximum absolute atomic E-state index is 5.84. The van der Waals surface area contributed by atoms with E-state index in [1.54, 1.807) is 0 Å². The van der Waals surface area contributed by atoms with E-state index in [9.17, 15) is 0 Å². The van der Waals surface area contributed by atoms with Gasteiger partial charge in [-0.25, -0.2) is 0 Å². The summed E-state index contributed by atoms with van der Waals surface area (Å²) in [6.07, 6.45) is 0. The third kappa shape index (κ3) is 3.16. The lowest BCUT2D eigenvalue weighted by atomic mass is 9.85. The molecule has 0 spiro atoms. The van der Waals surface area contributed by atoms with Crippen LogP contribution in [0.25, 0.3) is 0 Å². The van der Waals surface area contributed by atoms with Gasteiger partial charge in [0.05, 0.1) is 0 Å². The van der Waals surface area contributed by atoms with Crippen molar-refractivity contribution in [3.63, 3.8) is 0 Å². The van der Waals surface area contributed by atoms with Gasteiger partial charge in [0, 0.05) is 0 Å². The third-order valence-electron chi connectivity index (χ3n) is 3.12. The maximum atomic E-state index is 5.84. The van der Waals surface area contributed by atoms with E-state index in [1.165, 1.54) is 16.6 Å². The van der Waals surface area contributed by atoms with E-state index in [2.05, 4.69) is 46.0 Å². The number of rotatable bonds is 4. The Morgan fingerprint density at radius 3 is 2.44 bits per heavy atom. The van der Waals surface area contributed by atoms with Crippen LogP contribution < -0.4 is 10.2 Å². The second-order valence-electron chi connectivity index (χ2n) is 4.95. The molecule has 0 aliphatic carbocycles. The van der Waals surface area contributed by atoms with Crippen molar-refractivity contribution in [2.24, 2.45) is 0 Å². The molecule has 1 nitrogen and oxygen atoms in total. The fourth-order valence-corrected chi connectivity index (χ4v) is 2.07. The Morgan fingerprint density at radius 2 is 1.78 bits per heavy atom. The van der Waals surface area contributed by atoms with E-state index in [0.717, 1.165) is 5.75 Å². The second kappa shape index (κ2) is 5.77. The molecule has 0 fully saturated rings. The Hall–Kier alpha value is -1.70. The quantitative estimate of drug-likeness (QED) is 0.744. The molecule has 92 valence electrons. The molecule has 0 aliphatic rings. The van der Waals surface area contributed by atoms with Crippen molar-refractivity contribution in [1.29, 1.82) is 0 Å². The molecule has 0 amide bonds. The number of hydrogen-bond acceptors (Lipinski definition) is 1. The van der Waals surface area contributed by atoms with Gasteiger partial charge in [-0.1, -0.05) is 55.7 Å². The molecule has 0 saturated carbocycles. The van der Waals surface area contributed by atoms with Crippen molar-refractivity contribution in [2.45, 2.75) is 26.4 Å². The van der Waals surface area contributed by atoms with E-state index in [0.29, 0.717) is 12.5 Å². The molecule has 0 aromatic heterocycles. The first-order valence-corrected chi connectivity index (χ1v) is 6.44. The molecule has 0 aliphatic heterocycles. The molecule has 2 heteroatoms. The van der Waals surface area contributed by atoms with Crippen LogP contribution in [0.4, 0.5) is 0 Å². The van der Waals surface area contributed by atoms with Gasteiger partial charge in [0.25, 0.3) is 0 Å². The monoisotopic (exact) mass is 238 g/mol. The summed E-state index contributed by atoms with van der Waals surface area (Å²) in [6.45, 7) is 5.05. The van der Waals surface area contributed by atoms with Crippen molar-refractivity contribution >= 4 is 13.3 Å². The van der Waals surface area contributed by atoms with Crippen molar-refractivity contribution < 1.29 is 4.74 Å². The summed E-state index contributed by atoms with van der Waals surface area (Å²) in [5, 5.41) is 0. The highest BCUT2D eigenvalue weighted by molar-refractivity contribution is 6.33. The zero-order chi connectivity index (χ0) is 13.0. The molecule has 0 bridgehead atoms. The molecule has 0 atom stereocenters. The molecule has 2 rings (SSSR count). The summed E-state index contributed by atoms with van der Waals surface area (Å²) in [5.41, 5.74) is 3.89. The lowest BCUT2D eigenvalue weighted by Crippen LogP contribution is -2.11. The van der Waals surface area contributed by atoms with Crippen molar-refractivity contribution in [2.75, 3.05) is 0 Å². The van der Waals surface area contributed by atoms with Crippen LogP contribution in [0, 0.1) is 0 Å². The Bertz CT molecular complexity index is 506. The highest BCUT2D eigenvalue weighted by Gasteiger charge is 2.05. The van der Waals surface area contributed by atoms with Crippen LogP contribution in [-0.2, 0) is 6.61 Å². The molecular formula is C16H19BO. The van der Waals surface area contributed by atoms with E-state index in [1.807, 2.05) is 24.3 Å². The predicted molar refractivity (Wildman–Crippen MR) is 79.5 cm³/mol. The summed E-state index contributed by atoms with van der Waals surface area (Å²) in [6, 6.07) is 16.6. The van der Waals surface area contributed by atoms with Crippen LogP contribution in [0.1, 0.15) is 30.9 Å². The van der Waals surface area contributed by atoms with Crippen LogP contribution in [-0.4, -0.2) is 7.85 Å². The molecule has 18 heavy (non-hydrogen) atoms. The van der Waals surface area contributed by atoms with Crippen LogP contribution in [0.5, 0.6) is 5.75 Å². The molecular weight excluding hydrogens is 219 g/mol. The Labute approximate surface area is 110 Å². The Morgan fingerprint density at radius 1 is 1.06 bits per heavy atom. The average Bonchev–Trinajstić information content (AvgIpc) is 2.38. The van der Waals surface area contributed by atoms with Crippen LogP contribution in [0.2, 0.25) is 0 Å². The zero-order valence-electron chi connectivity index (χ0n) is 11.3. The largest absolute Gasteiger partial charge is 0.489 e. The summed E-state index contributed by atoms with van der Waals surface area (Å²) in [7, 11) is 2.15. The molecule has 0 unspecified atom stereocenters. The summed E-state index contributed by atoms with van der Waals surface area (Å²) in [4.78, 5) is 0. The topological polar surface area (TPSA) is 9.23 Å². The highest BCUT2D eigenvalue weighted by atomic mass is 16.5. The first kappa shape index (κ1) is 12.8. The molecule has 2 aromatic carbocycles. The van der Waals surface area contributed by atoms with Crippen molar-refractivity contribution in [1.82, 2.24) is 0 Å². The molecule has 0 saturated heterocycles. The lowest BCUT2D eigenvalue weighted by molar-refractivity contribution is 0.306. The van der Waals surface area contributed by atoms with E-state index < -0.39 is 0 Å². The van der Waals surface area contributed by atoms with Crippen molar-refractivity contribution in [3.8, 4) is 5.75 Å². The van der Waals surface area contributed by atoms with Crippen LogP contribution >= 0.6 is 0 Å². The minimum Gasteiger partial charge on any atom is -0.489 e. The number of ether oxygens (including phenoxy) is 1. The second-order valence-corrected chi connectivity index (χ2v) is 4.95. The normalized spacial score (nSPS) is 10.6. The number of benzene rings is 2. The van der Waals surface area contributed by atoms with Crippen LogP contribution in [0.3, 0.4) is 0 Å².